The van der Waals surface area contributed by atoms with Crippen molar-refractivity contribution in [1.29, 1.82) is 0 Å². The predicted octanol–water partition coefficient (Wildman–Crippen LogP) is 3.82. The van der Waals surface area contributed by atoms with Crippen LogP contribution < -0.4 is 0 Å². The van der Waals surface area contributed by atoms with Gasteiger partial charge in [-0.25, -0.2) is 0 Å². The van der Waals surface area contributed by atoms with Crippen LogP contribution in [0.5, 0.6) is 0 Å². The normalized spacial score (nSPS) is 51.5. The standard InChI is InChI=1S/C26H38BrIO8/c1-11-15(33-12(2)29)8-17(27)26(7)19(11)18-20-16(34-13(3)30)9-24(5,36-25(20,6)10-28)21(18)22(32)23(26)35-14(4)31/h11,15-23,32H,8-10H2,1-7H3. The summed E-state index contributed by atoms with van der Waals surface area (Å²) in [6.07, 6.45) is -1.47. The highest BCUT2D eigenvalue weighted by Gasteiger charge is 2.76. The Morgan fingerprint density at radius 1 is 0.972 bits per heavy atom. The second-order valence-corrected chi connectivity index (χ2v) is 13.8. The molecule has 3 saturated carbocycles. The maximum absolute atomic E-state index is 12.3. The molecule has 2 saturated heterocycles. The van der Waals surface area contributed by atoms with Crippen molar-refractivity contribution in [3.05, 3.63) is 0 Å². The first-order chi connectivity index (χ1) is 16.6. The topological polar surface area (TPSA) is 108 Å². The van der Waals surface area contributed by atoms with Gasteiger partial charge >= 0.3 is 17.9 Å². The Bertz CT molecular complexity index is 932. The second kappa shape index (κ2) is 9.62. The van der Waals surface area contributed by atoms with Gasteiger partial charge < -0.3 is 24.1 Å². The minimum Gasteiger partial charge on any atom is -0.462 e. The van der Waals surface area contributed by atoms with Crippen LogP contribution in [0.1, 0.15) is 61.3 Å². The SMILES string of the molecule is CC(=O)OC1CC(Br)C2(C)C(OC(C)=O)C(O)C3C(C4C(OC(C)=O)CC3(C)OC4(C)CI)C2C1C. The Balaban J connectivity index is 1.93. The van der Waals surface area contributed by atoms with Gasteiger partial charge in [-0.2, -0.15) is 0 Å². The number of rotatable bonds is 4. The van der Waals surface area contributed by atoms with Gasteiger partial charge in [-0.05, 0) is 38.0 Å². The van der Waals surface area contributed by atoms with Crippen LogP contribution in [-0.4, -0.2) is 67.9 Å². The number of fused-ring (bicyclic) bond motifs is 3. The summed E-state index contributed by atoms with van der Waals surface area (Å²) in [7, 11) is 0. The number of carbonyl (C=O) groups is 3. The van der Waals surface area contributed by atoms with Crippen molar-refractivity contribution >= 4 is 56.4 Å². The van der Waals surface area contributed by atoms with Crippen molar-refractivity contribution < 1.29 is 38.4 Å². The van der Waals surface area contributed by atoms with E-state index >= 15 is 0 Å². The lowest BCUT2D eigenvalue weighted by atomic mass is 9.40. The number of aliphatic hydroxyl groups excluding tert-OH is 1. The highest BCUT2D eigenvalue weighted by atomic mass is 127. The van der Waals surface area contributed by atoms with Crippen molar-refractivity contribution in [2.45, 2.75) is 102 Å². The first kappa shape index (κ1) is 28.5. The number of hydrogen-bond donors (Lipinski definition) is 1. The molecule has 0 radical (unpaired) electrons. The molecule has 13 unspecified atom stereocenters. The Hall–Kier alpha value is -0.460. The number of halogens is 2. The summed E-state index contributed by atoms with van der Waals surface area (Å²) in [4.78, 5) is 36.3. The molecule has 204 valence electrons. The Labute approximate surface area is 235 Å². The molecule has 2 aliphatic heterocycles. The Kier molecular flexibility index (Phi) is 7.63. The monoisotopic (exact) mass is 684 g/mol. The Morgan fingerprint density at radius 3 is 2.06 bits per heavy atom. The van der Waals surface area contributed by atoms with Crippen LogP contribution in [0.2, 0.25) is 0 Å². The molecule has 5 aliphatic rings. The van der Waals surface area contributed by atoms with E-state index in [1.807, 2.05) is 6.92 Å². The second-order valence-electron chi connectivity index (χ2n) is 12.0. The van der Waals surface area contributed by atoms with Crippen molar-refractivity contribution in [2.75, 3.05) is 4.43 Å². The molecule has 0 aromatic heterocycles. The van der Waals surface area contributed by atoms with Gasteiger partial charge in [0.25, 0.3) is 0 Å². The summed E-state index contributed by atoms with van der Waals surface area (Å²) in [5.41, 5.74) is -2.07. The smallest absolute Gasteiger partial charge is 0.303 e. The predicted molar refractivity (Wildman–Crippen MR) is 143 cm³/mol. The highest BCUT2D eigenvalue weighted by molar-refractivity contribution is 14.1. The quantitative estimate of drug-likeness (QED) is 0.206. The van der Waals surface area contributed by atoms with Gasteiger partial charge in [0.1, 0.15) is 18.3 Å². The molecular weight excluding hydrogens is 647 g/mol. The summed E-state index contributed by atoms with van der Waals surface area (Å²) in [6, 6.07) is 0. The average Bonchev–Trinajstić information content (AvgIpc) is 2.73. The number of ether oxygens (including phenoxy) is 4. The van der Waals surface area contributed by atoms with Gasteiger partial charge in [0.15, 0.2) is 0 Å². The fraction of sp³-hybridized carbons (Fsp3) is 0.885. The van der Waals surface area contributed by atoms with E-state index in [9.17, 15) is 19.5 Å². The number of hydrogen-bond acceptors (Lipinski definition) is 8. The summed E-state index contributed by atoms with van der Waals surface area (Å²) in [6.45, 7) is 12.4. The molecule has 13 atom stereocenters. The molecule has 5 fully saturated rings. The lowest BCUT2D eigenvalue weighted by Crippen LogP contribution is -2.80. The van der Waals surface area contributed by atoms with E-state index in [4.69, 9.17) is 18.9 Å². The average molecular weight is 685 g/mol. The van der Waals surface area contributed by atoms with Gasteiger partial charge in [-0.3, -0.25) is 14.4 Å². The van der Waals surface area contributed by atoms with Crippen molar-refractivity contribution in [3.63, 3.8) is 0 Å². The molecule has 10 heteroatoms. The van der Waals surface area contributed by atoms with Crippen LogP contribution in [0.15, 0.2) is 0 Å². The third kappa shape index (κ3) is 4.24. The summed E-state index contributed by atoms with van der Waals surface area (Å²) in [5, 5.41) is 12.0. The lowest BCUT2D eigenvalue weighted by Gasteiger charge is -2.72. The van der Waals surface area contributed by atoms with E-state index in [2.05, 4.69) is 59.3 Å². The lowest BCUT2D eigenvalue weighted by molar-refractivity contribution is -0.364. The van der Waals surface area contributed by atoms with Crippen molar-refractivity contribution in [2.24, 2.45) is 35.0 Å². The molecular formula is C26H38BrIO8. The van der Waals surface area contributed by atoms with Crippen LogP contribution in [-0.2, 0) is 33.3 Å². The van der Waals surface area contributed by atoms with E-state index in [0.717, 1.165) is 0 Å². The first-order valence-corrected chi connectivity index (χ1v) is 15.1. The van der Waals surface area contributed by atoms with Crippen LogP contribution >= 0.6 is 38.5 Å². The van der Waals surface area contributed by atoms with E-state index in [1.165, 1.54) is 20.8 Å². The van der Waals surface area contributed by atoms with Gasteiger partial charge in [0.05, 0.1) is 17.3 Å². The van der Waals surface area contributed by atoms with Gasteiger partial charge in [0, 0.05) is 53.7 Å². The number of alkyl halides is 2. The maximum atomic E-state index is 12.3. The molecule has 2 bridgehead atoms. The molecule has 0 aromatic carbocycles. The van der Waals surface area contributed by atoms with Crippen LogP contribution in [0.25, 0.3) is 0 Å². The fourth-order valence-electron chi connectivity index (χ4n) is 8.64. The van der Waals surface area contributed by atoms with Crippen molar-refractivity contribution in [1.82, 2.24) is 0 Å². The minimum absolute atomic E-state index is 0.0925. The largest absolute Gasteiger partial charge is 0.462 e. The third-order valence-corrected chi connectivity index (χ3v) is 12.5. The number of aliphatic hydroxyl groups is 1. The zero-order valence-electron chi connectivity index (χ0n) is 22.0. The van der Waals surface area contributed by atoms with E-state index in [0.29, 0.717) is 17.3 Å². The number of carbonyl (C=O) groups excluding carboxylic acids is 3. The summed E-state index contributed by atoms with van der Waals surface area (Å²) < 4.78 is 25.1. The molecule has 0 amide bonds. The van der Waals surface area contributed by atoms with E-state index in [1.54, 1.807) is 0 Å². The fourth-order valence-corrected chi connectivity index (χ4v) is 10.2. The number of esters is 3. The zero-order valence-corrected chi connectivity index (χ0v) is 25.7. The van der Waals surface area contributed by atoms with E-state index < -0.39 is 34.8 Å². The zero-order chi connectivity index (χ0) is 27.0. The maximum Gasteiger partial charge on any atom is 0.303 e. The molecule has 36 heavy (non-hydrogen) atoms. The molecule has 5 rings (SSSR count). The third-order valence-electron chi connectivity index (χ3n) is 9.60. The van der Waals surface area contributed by atoms with Gasteiger partial charge in [-0.15, -0.1) is 0 Å². The molecule has 0 aromatic rings. The molecule has 1 N–H and O–H groups in total. The molecule has 8 nitrogen and oxygen atoms in total. The molecule has 3 aliphatic carbocycles. The Morgan fingerprint density at radius 2 is 1.53 bits per heavy atom. The highest BCUT2D eigenvalue weighted by Crippen LogP contribution is 2.69. The van der Waals surface area contributed by atoms with Gasteiger partial charge in [-0.1, -0.05) is 52.4 Å². The summed E-state index contributed by atoms with van der Waals surface area (Å²) in [5.74, 6) is -2.01. The summed E-state index contributed by atoms with van der Waals surface area (Å²) >= 11 is 6.20. The minimum atomic E-state index is -0.970. The van der Waals surface area contributed by atoms with Crippen LogP contribution in [0, 0.1) is 35.0 Å². The van der Waals surface area contributed by atoms with Crippen molar-refractivity contribution in [3.8, 4) is 0 Å². The van der Waals surface area contributed by atoms with Crippen LogP contribution in [0.3, 0.4) is 0 Å². The van der Waals surface area contributed by atoms with E-state index in [-0.39, 0.29) is 58.6 Å². The molecule has 0 spiro atoms. The van der Waals surface area contributed by atoms with Gasteiger partial charge in [0.2, 0.25) is 0 Å². The molecule has 2 heterocycles. The first-order valence-electron chi connectivity index (χ1n) is 12.7. The van der Waals surface area contributed by atoms with Crippen LogP contribution in [0.4, 0.5) is 0 Å².